The third kappa shape index (κ3) is 8.37. The molecule has 12 aromatic rings. The van der Waals surface area contributed by atoms with Crippen LogP contribution in [0.1, 0.15) is 112 Å². The van der Waals surface area contributed by atoms with Gasteiger partial charge in [0.2, 0.25) is 0 Å². The molecule has 0 radical (unpaired) electrons. The summed E-state index contributed by atoms with van der Waals surface area (Å²) in [6, 6.07) is 86.2. The van der Waals surface area contributed by atoms with Gasteiger partial charge in [-0.2, -0.15) is 0 Å². The van der Waals surface area contributed by atoms with Crippen LogP contribution in [0.2, 0.25) is 0 Å². The standard InChI is InChI=1S/C80H70N4O/c1-77(2,3)54-41-42-81-74(47-54)84-70-36-17-13-27-61(70)62-40-39-59(49-73(62)84)85-58-26-20-25-57(48-58)82-50-83(72-38-19-18-37-71(72)82)76-60(53-44-55(78(4,5)6)46-56(45-53)79(7,8)9)29-21-31-64(76)63-30-22-35-69-75(63)65-28-12-16-34-68(65)80(69)66-32-14-10-23-51(66)43-52-24-11-15-33-67(52)80/h10-42,44-49H,43,50H2,1-9H3. The third-order valence-electron chi connectivity index (χ3n) is 18.5. The summed E-state index contributed by atoms with van der Waals surface area (Å²) in [4.78, 5) is 10.00. The zero-order valence-corrected chi connectivity index (χ0v) is 50.1. The van der Waals surface area contributed by atoms with Crippen LogP contribution in [0.4, 0.5) is 22.7 Å². The largest absolute Gasteiger partial charge is 0.457 e. The van der Waals surface area contributed by atoms with Crippen LogP contribution in [0, 0.1) is 0 Å². The molecular weight excluding hydrogens is 1030 g/mol. The molecule has 5 heteroatoms. The molecule has 0 N–H and O–H groups in total. The van der Waals surface area contributed by atoms with Crippen LogP contribution >= 0.6 is 0 Å². The minimum Gasteiger partial charge on any atom is -0.457 e. The quantitative estimate of drug-likeness (QED) is 0.159. The summed E-state index contributed by atoms with van der Waals surface area (Å²) in [5, 5.41) is 2.33. The molecule has 3 heterocycles. The zero-order chi connectivity index (χ0) is 58.1. The van der Waals surface area contributed by atoms with Gasteiger partial charge in [0.05, 0.1) is 33.5 Å². The summed E-state index contributed by atoms with van der Waals surface area (Å²) < 4.78 is 9.25. The van der Waals surface area contributed by atoms with Gasteiger partial charge in [0.1, 0.15) is 24.0 Å². The van der Waals surface area contributed by atoms with E-state index in [-0.39, 0.29) is 16.2 Å². The molecule has 1 aliphatic heterocycles. The van der Waals surface area contributed by atoms with Gasteiger partial charge < -0.3 is 14.5 Å². The molecule has 0 saturated carbocycles. The van der Waals surface area contributed by atoms with Crippen LogP contribution in [-0.2, 0) is 28.1 Å². The molecule has 0 fully saturated rings. The van der Waals surface area contributed by atoms with Gasteiger partial charge >= 0.3 is 0 Å². The SMILES string of the molecule is CC(C)(C)c1cc(-c2cccc(-c3cccc4c3-c3ccccc3C43c4ccccc4Cc4ccccc43)c2N2CN(c3cccc(Oc4ccc5c6ccccc6n(-c6cc(C(C)(C)C)ccn6)c5c4)c3)c3ccccc32)cc(C(C)(C)C)c1. The third-order valence-corrected chi connectivity index (χ3v) is 18.5. The Morgan fingerprint density at radius 2 is 0.976 bits per heavy atom. The van der Waals surface area contributed by atoms with E-state index in [0.717, 1.165) is 57.2 Å². The second kappa shape index (κ2) is 19.3. The maximum absolute atomic E-state index is 6.97. The number of ether oxygens (including phenoxy) is 1. The highest BCUT2D eigenvalue weighted by Gasteiger charge is 2.50. The Morgan fingerprint density at radius 1 is 0.412 bits per heavy atom. The van der Waals surface area contributed by atoms with Crippen LogP contribution in [0.15, 0.2) is 237 Å². The average Bonchev–Trinajstić information content (AvgIpc) is 1.62. The van der Waals surface area contributed by atoms with Crippen LogP contribution < -0.4 is 14.5 Å². The Bertz CT molecular complexity index is 4590. The molecule has 15 rings (SSSR count). The summed E-state index contributed by atoms with van der Waals surface area (Å²) >= 11 is 0. The smallest absolute Gasteiger partial charge is 0.137 e. The van der Waals surface area contributed by atoms with Crippen molar-refractivity contribution in [2.45, 2.75) is 90.4 Å². The first-order valence-electron chi connectivity index (χ1n) is 30.2. The Labute approximate surface area is 500 Å². The average molecular weight is 1100 g/mol. The number of hydrogen-bond donors (Lipinski definition) is 0. The molecule has 85 heavy (non-hydrogen) atoms. The normalized spacial score (nSPS) is 14.1. The van der Waals surface area contributed by atoms with Crippen molar-refractivity contribution in [1.29, 1.82) is 0 Å². The highest BCUT2D eigenvalue weighted by atomic mass is 16.5. The second-order valence-corrected chi connectivity index (χ2v) is 26.8. The van der Waals surface area contributed by atoms with Gasteiger partial charge in [-0.3, -0.25) is 4.57 Å². The van der Waals surface area contributed by atoms with E-state index < -0.39 is 5.41 Å². The van der Waals surface area contributed by atoms with Crippen LogP contribution in [0.5, 0.6) is 11.5 Å². The van der Waals surface area contributed by atoms with E-state index >= 15 is 0 Å². The van der Waals surface area contributed by atoms with Crippen molar-refractivity contribution in [2.24, 2.45) is 0 Å². The van der Waals surface area contributed by atoms with Crippen molar-refractivity contribution >= 4 is 44.6 Å². The predicted molar refractivity (Wildman–Crippen MR) is 354 cm³/mol. The summed E-state index contributed by atoms with van der Waals surface area (Å²) in [7, 11) is 0. The lowest BCUT2D eigenvalue weighted by molar-refractivity contribution is 0.483. The number of aromatic nitrogens is 2. The molecule has 3 aliphatic rings. The van der Waals surface area contributed by atoms with E-state index in [4.69, 9.17) is 9.72 Å². The van der Waals surface area contributed by atoms with Crippen molar-refractivity contribution in [2.75, 3.05) is 16.5 Å². The van der Waals surface area contributed by atoms with Gasteiger partial charge in [-0.25, -0.2) is 4.98 Å². The Hall–Kier alpha value is -9.45. The highest BCUT2D eigenvalue weighted by molar-refractivity contribution is 6.10. The van der Waals surface area contributed by atoms with E-state index in [2.05, 4.69) is 307 Å². The van der Waals surface area contributed by atoms with Crippen molar-refractivity contribution in [3.05, 3.63) is 287 Å². The van der Waals surface area contributed by atoms with E-state index in [9.17, 15) is 0 Å². The number of pyridine rings is 1. The number of anilines is 4. The molecule has 0 amide bonds. The molecule has 0 atom stereocenters. The molecule has 2 aliphatic carbocycles. The molecule has 416 valence electrons. The minimum atomic E-state index is -0.489. The highest BCUT2D eigenvalue weighted by Crippen LogP contribution is 2.62. The maximum atomic E-state index is 6.97. The van der Waals surface area contributed by atoms with Gasteiger partial charge in [-0.1, -0.05) is 226 Å². The summed E-state index contributed by atoms with van der Waals surface area (Å²) in [5.74, 6) is 2.41. The summed E-state index contributed by atoms with van der Waals surface area (Å²) in [6.45, 7) is 21.4. The second-order valence-electron chi connectivity index (χ2n) is 26.8. The fourth-order valence-electron chi connectivity index (χ4n) is 14.2. The van der Waals surface area contributed by atoms with Crippen LogP contribution in [-0.4, -0.2) is 16.2 Å². The van der Waals surface area contributed by atoms with E-state index in [1.807, 2.05) is 6.20 Å². The van der Waals surface area contributed by atoms with Gasteiger partial charge in [-0.15, -0.1) is 0 Å². The Morgan fingerprint density at radius 3 is 1.71 bits per heavy atom. The summed E-state index contributed by atoms with van der Waals surface area (Å²) in [5.41, 5.74) is 25.5. The summed E-state index contributed by atoms with van der Waals surface area (Å²) in [6.07, 6.45) is 2.85. The van der Waals surface area contributed by atoms with E-state index in [1.165, 1.54) is 94.5 Å². The maximum Gasteiger partial charge on any atom is 0.137 e. The number of nitrogens with zero attached hydrogens (tertiary/aromatic N) is 4. The van der Waals surface area contributed by atoms with Gasteiger partial charge in [0, 0.05) is 45.9 Å². The fourth-order valence-corrected chi connectivity index (χ4v) is 14.2. The van der Waals surface area contributed by atoms with Gasteiger partial charge in [0.15, 0.2) is 0 Å². The predicted octanol–water partition coefficient (Wildman–Crippen LogP) is 20.7. The zero-order valence-electron chi connectivity index (χ0n) is 50.1. The number of rotatable bonds is 7. The topological polar surface area (TPSA) is 33.5 Å². The number of hydrogen-bond acceptors (Lipinski definition) is 4. The number of benzene rings is 10. The van der Waals surface area contributed by atoms with E-state index in [0.29, 0.717) is 6.67 Å². The van der Waals surface area contributed by atoms with Crippen molar-refractivity contribution < 1.29 is 4.74 Å². The molecule has 10 aromatic carbocycles. The Kier molecular flexibility index (Phi) is 11.9. The molecule has 0 unspecified atom stereocenters. The van der Waals surface area contributed by atoms with E-state index in [1.54, 1.807) is 0 Å². The van der Waals surface area contributed by atoms with Crippen molar-refractivity contribution in [1.82, 2.24) is 9.55 Å². The first-order chi connectivity index (χ1) is 41.0. The lowest BCUT2D eigenvalue weighted by Gasteiger charge is -2.40. The van der Waals surface area contributed by atoms with Crippen LogP contribution in [0.25, 0.3) is 61.0 Å². The minimum absolute atomic E-state index is 0.0302. The lowest BCUT2D eigenvalue weighted by Crippen LogP contribution is -2.34. The van der Waals surface area contributed by atoms with Crippen molar-refractivity contribution in [3.8, 4) is 50.7 Å². The molecular formula is C80H70N4O. The number of para-hydroxylation sites is 4. The molecule has 5 nitrogen and oxygen atoms in total. The molecule has 1 spiro atoms. The van der Waals surface area contributed by atoms with Gasteiger partial charge in [-0.05, 0) is 150 Å². The van der Waals surface area contributed by atoms with Gasteiger partial charge in [0.25, 0.3) is 0 Å². The molecule has 0 saturated heterocycles. The van der Waals surface area contributed by atoms with Crippen LogP contribution in [0.3, 0.4) is 0 Å². The molecule has 0 bridgehead atoms. The fraction of sp³-hybridized carbons (Fsp3) is 0.188. The monoisotopic (exact) mass is 1100 g/mol. The lowest BCUT2D eigenvalue weighted by atomic mass is 9.61. The molecule has 2 aromatic heterocycles. The number of fused-ring (bicyclic) bond motifs is 13. The van der Waals surface area contributed by atoms with Crippen molar-refractivity contribution in [3.63, 3.8) is 0 Å². The first-order valence-corrected chi connectivity index (χ1v) is 30.2. The Balaban J connectivity index is 0.895. The first kappa shape index (κ1) is 52.4.